The van der Waals surface area contributed by atoms with Crippen LogP contribution in [0.2, 0.25) is 0 Å². The van der Waals surface area contributed by atoms with E-state index in [4.69, 9.17) is 18.5 Å². The van der Waals surface area contributed by atoms with E-state index in [9.17, 15) is 4.57 Å². The van der Waals surface area contributed by atoms with E-state index in [0.717, 1.165) is 12.8 Å². The van der Waals surface area contributed by atoms with Crippen molar-refractivity contribution < 1.29 is 23.1 Å². The summed E-state index contributed by atoms with van der Waals surface area (Å²) in [5, 5.41) is 0. The molecule has 1 aliphatic rings. The van der Waals surface area contributed by atoms with Gasteiger partial charge in [-0.25, -0.2) is 0 Å². The van der Waals surface area contributed by atoms with Gasteiger partial charge >= 0.3 is 8.25 Å². The molecule has 0 aliphatic carbocycles. The molecule has 5 atom stereocenters. The molecule has 20 heavy (non-hydrogen) atoms. The number of ether oxygens (including phenoxy) is 2. The van der Waals surface area contributed by atoms with E-state index >= 15 is 0 Å². The lowest BCUT2D eigenvalue weighted by molar-refractivity contribution is -0.0399. The van der Waals surface area contributed by atoms with Crippen LogP contribution < -0.4 is 0 Å². The fourth-order valence-electron chi connectivity index (χ4n) is 2.39. The summed E-state index contributed by atoms with van der Waals surface area (Å²) in [6.07, 6.45) is 1.59. The zero-order chi connectivity index (χ0) is 15.1. The lowest BCUT2D eigenvalue weighted by Gasteiger charge is -2.19. The Labute approximate surface area is 123 Å². The van der Waals surface area contributed by atoms with Crippen molar-refractivity contribution in [2.45, 2.75) is 71.9 Å². The first-order valence-corrected chi connectivity index (χ1v) is 8.66. The van der Waals surface area contributed by atoms with Crippen LogP contribution in [0.4, 0.5) is 0 Å². The van der Waals surface area contributed by atoms with Crippen LogP contribution in [0.25, 0.3) is 0 Å². The molecule has 1 heterocycles. The van der Waals surface area contributed by atoms with E-state index in [1.54, 1.807) is 0 Å². The van der Waals surface area contributed by atoms with Crippen LogP contribution >= 0.6 is 8.25 Å². The molecule has 118 valence electrons. The van der Waals surface area contributed by atoms with Gasteiger partial charge in [0.1, 0.15) is 18.8 Å². The average molecular weight is 307 g/mol. The quantitative estimate of drug-likeness (QED) is 0.608. The van der Waals surface area contributed by atoms with Crippen molar-refractivity contribution in [2.75, 3.05) is 13.2 Å². The maximum absolute atomic E-state index is 11.8. The Morgan fingerprint density at radius 3 is 2.40 bits per heavy atom. The van der Waals surface area contributed by atoms with Gasteiger partial charge in [0.25, 0.3) is 0 Å². The van der Waals surface area contributed by atoms with E-state index in [1.807, 2.05) is 27.7 Å². The van der Waals surface area contributed by atoms with E-state index in [1.165, 1.54) is 0 Å². The second-order valence-electron chi connectivity index (χ2n) is 5.22. The molecule has 1 fully saturated rings. The maximum atomic E-state index is 11.8. The Kier molecular flexibility index (Phi) is 8.15. The number of hydrogen-bond acceptors (Lipinski definition) is 5. The molecule has 0 aromatic carbocycles. The zero-order valence-electron chi connectivity index (χ0n) is 13.2. The van der Waals surface area contributed by atoms with Crippen LogP contribution in [0, 0.1) is 5.92 Å². The number of hydrogen-bond donors (Lipinski definition) is 0. The molecule has 1 aliphatic heterocycles. The fraction of sp³-hybridized carbons (Fsp3) is 1.00. The van der Waals surface area contributed by atoms with E-state index in [-0.39, 0.29) is 31.0 Å². The van der Waals surface area contributed by atoms with Crippen LogP contribution in [-0.4, -0.2) is 37.6 Å². The molecule has 0 N–H and O–H groups in total. The van der Waals surface area contributed by atoms with Crippen molar-refractivity contribution in [2.24, 2.45) is 5.92 Å². The SMILES string of the molecule is CCOC1[C@@H](C)[C@H](C)O[C@@H]1CO[P+](=O)OC(CC)CC. The lowest BCUT2D eigenvalue weighted by Crippen LogP contribution is -2.32. The summed E-state index contributed by atoms with van der Waals surface area (Å²) in [6.45, 7) is 11.0. The lowest BCUT2D eigenvalue weighted by atomic mass is 9.99. The third-order valence-electron chi connectivity index (χ3n) is 3.86. The summed E-state index contributed by atoms with van der Waals surface area (Å²) >= 11 is 0. The van der Waals surface area contributed by atoms with E-state index < -0.39 is 8.25 Å². The van der Waals surface area contributed by atoms with Gasteiger partial charge in [-0.05, 0) is 26.7 Å². The molecular weight excluding hydrogens is 279 g/mol. The third-order valence-corrected chi connectivity index (χ3v) is 4.69. The molecule has 6 heteroatoms. The van der Waals surface area contributed by atoms with E-state index in [2.05, 4.69) is 6.92 Å². The second-order valence-corrected chi connectivity index (χ2v) is 6.14. The monoisotopic (exact) mass is 307 g/mol. The van der Waals surface area contributed by atoms with Crippen LogP contribution in [0.1, 0.15) is 47.5 Å². The van der Waals surface area contributed by atoms with Gasteiger partial charge in [-0.3, -0.25) is 0 Å². The summed E-state index contributed by atoms with van der Waals surface area (Å²) in [5.74, 6) is 0.307. The molecule has 5 nitrogen and oxygen atoms in total. The molecule has 0 aromatic heterocycles. The van der Waals surface area contributed by atoms with Gasteiger partial charge < -0.3 is 9.47 Å². The average Bonchev–Trinajstić information content (AvgIpc) is 2.70. The van der Waals surface area contributed by atoms with Crippen LogP contribution in [-0.2, 0) is 23.1 Å². The summed E-state index contributed by atoms with van der Waals surface area (Å²) in [6, 6.07) is 0. The van der Waals surface area contributed by atoms with Crippen molar-refractivity contribution in [1.82, 2.24) is 0 Å². The number of rotatable bonds is 9. The first kappa shape index (κ1) is 18.0. The van der Waals surface area contributed by atoms with Gasteiger partial charge in [-0.15, -0.1) is 9.05 Å². The highest BCUT2D eigenvalue weighted by atomic mass is 31.1. The highest BCUT2D eigenvalue weighted by Crippen LogP contribution is 2.33. The second kappa shape index (κ2) is 9.06. The Morgan fingerprint density at radius 2 is 1.85 bits per heavy atom. The predicted octanol–water partition coefficient (Wildman–Crippen LogP) is 3.69. The minimum atomic E-state index is -2.09. The van der Waals surface area contributed by atoms with Crippen LogP contribution in [0.5, 0.6) is 0 Å². The Bertz CT molecular complexity index is 295. The molecule has 0 spiro atoms. The molecule has 0 saturated carbocycles. The Morgan fingerprint density at radius 1 is 1.20 bits per heavy atom. The highest BCUT2D eigenvalue weighted by molar-refractivity contribution is 7.33. The van der Waals surface area contributed by atoms with Gasteiger partial charge in [0, 0.05) is 17.1 Å². The minimum Gasteiger partial charge on any atom is -0.375 e. The molecule has 0 amide bonds. The van der Waals surface area contributed by atoms with Gasteiger partial charge in [0.2, 0.25) is 0 Å². The fourth-order valence-corrected chi connectivity index (χ4v) is 3.26. The zero-order valence-corrected chi connectivity index (χ0v) is 14.1. The van der Waals surface area contributed by atoms with Crippen molar-refractivity contribution in [1.29, 1.82) is 0 Å². The molecule has 0 aromatic rings. The standard InChI is InChI=1S/C14H28O5P/c1-6-12(7-2)19-20(15)17-9-13-14(16-8-3)10(4)11(5)18-13/h10-14H,6-9H2,1-5H3/q+1/t10-,11-,13+,14?/m0/s1. The maximum Gasteiger partial charge on any atom is 0.697 e. The van der Waals surface area contributed by atoms with Crippen molar-refractivity contribution >= 4 is 8.25 Å². The van der Waals surface area contributed by atoms with Gasteiger partial charge in [-0.2, -0.15) is 0 Å². The smallest absolute Gasteiger partial charge is 0.375 e. The Hall–Kier alpha value is -0.0600. The molecule has 0 bridgehead atoms. The van der Waals surface area contributed by atoms with Crippen LogP contribution in [0.15, 0.2) is 0 Å². The predicted molar refractivity (Wildman–Crippen MR) is 77.9 cm³/mol. The van der Waals surface area contributed by atoms with Crippen molar-refractivity contribution in [3.63, 3.8) is 0 Å². The Balaban J connectivity index is 2.41. The topological polar surface area (TPSA) is 54.0 Å². The van der Waals surface area contributed by atoms with E-state index in [0.29, 0.717) is 12.5 Å². The summed E-state index contributed by atoms with van der Waals surface area (Å²) in [7, 11) is -2.09. The molecule has 0 radical (unpaired) electrons. The van der Waals surface area contributed by atoms with Crippen molar-refractivity contribution in [3.05, 3.63) is 0 Å². The summed E-state index contributed by atoms with van der Waals surface area (Å²) < 4.78 is 34.0. The highest BCUT2D eigenvalue weighted by Gasteiger charge is 2.42. The third kappa shape index (κ3) is 5.05. The molecule has 2 unspecified atom stereocenters. The molecular formula is C14H28O5P+. The minimum absolute atomic E-state index is 0.00783. The first-order valence-electron chi connectivity index (χ1n) is 7.57. The van der Waals surface area contributed by atoms with Gasteiger partial charge in [0.05, 0.1) is 12.2 Å². The largest absolute Gasteiger partial charge is 0.697 e. The van der Waals surface area contributed by atoms with Gasteiger partial charge in [0.15, 0.2) is 0 Å². The van der Waals surface area contributed by atoms with Gasteiger partial charge in [-0.1, -0.05) is 20.8 Å². The molecule has 1 saturated heterocycles. The van der Waals surface area contributed by atoms with Crippen LogP contribution in [0.3, 0.4) is 0 Å². The normalized spacial score (nSPS) is 31.0. The summed E-state index contributed by atoms with van der Waals surface area (Å²) in [5.41, 5.74) is 0. The van der Waals surface area contributed by atoms with Crippen molar-refractivity contribution in [3.8, 4) is 0 Å². The first-order chi connectivity index (χ1) is 9.53. The summed E-state index contributed by atoms with van der Waals surface area (Å²) in [4.78, 5) is 0. The molecule has 1 rings (SSSR count).